The van der Waals surface area contributed by atoms with Gasteiger partial charge in [0.2, 0.25) is 0 Å². The second-order valence-electron chi connectivity index (χ2n) is 3.34. The molecule has 0 heterocycles. The quantitative estimate of drug-likeness (QED) is 0.664. The minimum Gasteiger partial charge on any atom is -0.507 e. The zero-order valence-corrected chi connectivity index (χ0v) is 7.90. The van der Waals surface area contributed by atoms with E-state index in [1.807, 2.05) is 18.2 Å². The van der Waals surface area contributed by atoms with Crippen LogP contribution in [0.25, 0.3) is 6.08 Å². The number of methoxy groups -OCH3 is 1. The van der Waals surface area contributed by atoms with Gasteiger partial charge in [0.15, 0.2) is 5.79 Å². The lowest BCUT2D eigenvalue weighted by molar-refractivity contribution is -0.192. The Morgan fingerprint density at radius 3 is 2.93 bits per heavy atom. The molecular weight excluding hydrogens is 180 g/mol. The molecule has 0 amide bonds. The monoisotopic (exact) mass is 192 g/mol. The lowest BCUT2D eigenvalue weighted by Gasteiger charge is -2.30. The number of aromatic hydroxyl groups is 1. The SMILES string of the molecule is COC1(O)CC=Cc2cccc(O)c21. The first kappa shape index (κ1) is 9.24. The fraction of sp³-hybridized carbons (Fsp3) is 0.273. The first-order valence-corrected chi connectivity index (χ1v) is 4.44. The number of ether oxygens (including phenoxy) is 1. The predicted octanol–water partition coefficient (Wildman–Crippen LogP) is 1.60. The van der Waals surface area contributed by atoms with E-state index in [1.54, 1.807) is 12.1 Å². The van der Waals surface area contributed by atoms with Gasteiger partial charge < -0.3 is 14.9 Å². The number of fused-ring (bicyclic) bond motifs is 1. The Labute approximate surface area is 82.3 Å². The lowest BCUT2D eigenvalue weighted by atomic mass is 9.91. The summed E-state index contributed by atoms with van der Waals surface area (Å²) in [6.45, 7) is 0. The highest BCUT2D eigenvalue weighted by atomic mass is 16.6. The fourth-order valence-electron chi connectivity index (χ4n) is 1.76. The van der Waals surface area contributed by atoms with E-state index in [0.717, 1.165) is 5.56 Å². The summed E-state index contributed by atoms with van der Waals surface area (Å²) in [7, 11) is 1.43. The first-order chi connectivity index (χ1) is 6.67. The molecular formula is C11H12O3. The van der Waals surface area contributed by atoms with Gasteiger partial charge in [0, 0.05) is 13.5 Å². The first-order valence-electron chi connectivity index (χ1n) is 4.44. The molecule has 1 aromatic carbocycles. The van der Waals surface area contributed by atoms with Gasteiger partial charge in [0.1, 0.15) is 5.75 Å². The van der Waals surface area contributed by atoms with Crippen LogP contribution in [-0.2, 0) is 10.5 Å². The number of phenols is 1. The minimum atomic E-state index is -1.39. The van der Waals surface area contributed by atoms with Crippen molar-refractivity contribution in [3.63, 3.8) is 0 Å². The van der Waals surface area contributed by atoms with E-state index in [-0.39, 0.29) is 5.75 Å². The number of hydrogen-bond acceptors (Lipinski definition) is 3. The van der Waals surface area contributed by atoms with Gasteiger partial charge in [-0.25, -0.2) is 0 Å². The molecule has 1 atom stereocenters. The molecule has 3 heteroatoms. The van der Waals surface area contributed by atoms with Crippen LogP contribution in [0.5, 0.6) is 5.75 Å². The zero-order chi connectivity index (χ0) is 10.2. The molecule has 74 valence electrons. The molecule has 1 aliphatic carbocycles. The van der Waals surface area contributed by atoms with Crippen molar-refractivity contribution in [2.24, 2.45) is 0 Å². The summed E-state index contributed by atoms with van der Waals surface area (Å²) in [6.07, 6.45) is 4.04. The van der Waals surface area contributed by atoms with Crippen LogP contribution in [0.15, 0.2) is 24.3 Å². The van der Waals surface area contributed by atoms with Crippen molar-refractivity contribution in [2.75, 3.05) is 7.11 Å². The molecule has 0 radical (unpaired) electrons. The third-order valence-electron chi connectivity index (χ3n) is 2.49. The maximum atomic E-state index is 10.1. The molecule has 0 saturated heterocycles. The standard InChI is InChI=1S/C11H12O3/c1-14-11(13)7-3-5-8-4-2-6-9(12)10(8)11/h2-6,12-13H,7H2,1H3. The van der Waals surface area contributed by atoms with E-state index < -0.39 is 5.79 Å². The third kappa shape index (κ3) is 1.22. The zero-order valence-electron chi connectivity index (χ0n) is 7.90. The molecule has 0 bridgehead atoms. The number of phenolic OH excluding ortho intramolecular Hbond substituents is 1. The van der Waals surface area contributed by atoms with Gasteiger partial charge in [-0.1, -0.05) is 24.3 Å². The number of rotatable bonds is 1. The largest absolute Gasteiger partial charge is 0.507 e. The molecule has 14 heavy (non-hydrogen) atoms. The highest BCUT2D eigenvalue weighted by molar-refractivity contribution is 5.61. The van der Waals surface area contributed by atoms with Crippen molar-refractivity contribution in [2.45, 2.75) is 12.2 Å². The van der Waals surface area contributed by atoms with E-state index in [0.29, 0.717) is 12.0 Å². The van der Waals surface area contributed by atoms with Gasteiger partial charge in [-0.3, -0.25) is 0 Å². The van der Waals surface area contributed by atoms with E-state index in [4.69, 9.17) is 4.74 Å². The normalized spacial score (nSPS) is 24.7. The van der Waals surface area contributed by atoms with Crippen LogP contribution in [0.4, 0.5) is 0 Å². The van der Waals surface area contributed by atoms with E-state index in [9.17, 15) is 10.2 Å². The van der Waals surface area contributed by atoms with Crippen LogP contribution in [-0.4, -0.2) is 17.3 Å². The van der Waals surface area contributed by atoms with Crippen LogP contribution in [0.2, 0.25) is 0 Å². The van der Waals surface area contributed by atoms with Crippen LogP contribution >= 0.6 is 0 Å². The van der Waals surface area contributed by atoms with Gasteiger partial charge >= 0.3 is 0 Å². The Morgan fingerprint density at radius 2 is 2.21 bits per heavy atom. The van der Waals surface area contributed by atoms with Crippen molar-refractivity contribution >= 4 is 6.08 Å². The molecule has 0 spiro atoms. The molecule has 0 fully saturated rings. The molecule has 0 aromatic heterocycles. The highest BCUT2D eigenvalue weighted by Gasteiger charge is 2.34. The van der Waals surface area contributed by atoms with Crippen molar-refractivity contribution in [3.8, 4) is 5.75 Å². The van der Waals surface area contributed by atoms with Gasteiger partial charge in [-0.2, -0.15) is 0 Å². The third-order valence-corrected chi connectivity index (χ3v) is 2.49. The van der Waals surface area contributed by atoms with Crippen LogP contribution in [0, 0.1) is 0 Å². The van der Waals surface area contributed by atoms with Crippen molar-refractivity contribution in [3.05, 3.63) is 35.4 Å². The highest BCUT2D eigenvalue weighted by Crippen LogP contribution is 2.39. The van der Waals surface area contributed by atoms with Gasteiger partial charge in [-0.15, -0.1) is 0 Å². The van der Waals surface area contributed by atoms with Crippen LogP contribution < -0.4 is 0 Å². The summed E-state index contributed by atoms with van der Waals surface area (Å²) in [5.74, 6) is -1.33. The average Bonchev–Trinajstić information content (AvgIpc) is 2.18. The fourth-order valence-corrected chi connectivity index (χ4v) is 1.76. The Bertz CT molecular complexity index is 384. The Hall–Kier alpha value is -1.32. The topological polar surface area (TPSA) is 49.7 Å². The second-order valence-corrected chi connectivity index (χ2v) is 3.34. The molecule has 1 aromatic rings. The predicted molar refractivity (Wildman–Crippen MR) is 52.7 cm³/mol. The Morgan fingerprint density at radius 1 is 1.43 bits per heavy atom. The summed E-state index contributed by atoms with van der Waals surface area (Å²) < 4.78 is 5.03. The average molecular weight is 192 g/mol. The Balaban J connectivity index is 2.64. The minimum absolute atomic E-state index is 0.0659. The number of aliphatic hydroxyl groups is 1. The lowest BCUT2D eigenvalue weighted by Crippen LogP contribution is -2.29. The summed E-state index contributed by atoms with van der Waals surface area (Å²) in [6, 6.07) is 5.11. The van der Waals surface area contributed by atoms with Crippen molar-refractivity contribution in [1.82, 2.24) is 0 Å². The van der Waals surface area contributed by atoms with Crippen molar-refractivity contribution < 1.29 is 14.9 Å². The van der Waals surface area contributed by atoms with Gasteiger partial charge in [0.05, 0.1) is 5.56 Å². The second kappa shape index (κ2) is 3.12. The number of benzene rings is 1. The van der Waals surface area contributed by atoms with E-state index in [2.05, 4.69) is 0 Å². The molecule has 3 nitrogen and oxygen atoms in total. The maximum absolute atomic E-state index is 10.1. The summed E-state index contributed by atoms with van der Waals surface area (Å²) in [4.78, 5) is 0. The van der Waals surface area contributed by atoms with Crippen molar-refractivity contribution in [1.29, 1.82) is 0 Å². The molecule has 1 aliphatic rings. The maximum Gasteiger partial charge on any atom is 0.199 e. The van der Waals surface area contributed by atoms with Gasteiger partial charge in [0.25, 0.3) is 0 Å². The van der Waals surface area contributed by atoms with Crippen LogP contribution in [0.3, 0.4) is 0 Å². The van der Waals surface area contributed by atoms with Gasteiger partial charge in [-0.05, 0) is 11.6 Å². The molecule has 0 saturated carbocycles. The molecule has 2 rings (SSSR count). The van der Waals surface area contributed by atoms with E-state index in [1.165, 1.54) is 7.11 Å². The molecule has 2 N–H and O–H groups in total. The summed E-state index contributed by atoms with van der Waals surface area (Å²) >= 11 is 0. The Kier molecular flexibility index (Phi) is 2.06. The number of hydrogen-bond donors (Lipinski definition) is 2. The van der Waals surface area contributed by atoms with Crippen LogP contribution in [0.1, 0.15) is 17.5 Å². The molecule has 0 aliphatic heterocycles. The molecule has 1 unspecified atom stereocenters. The summed E-state index contributed by atoms with van der Waals surface area (Å²) in [5, 5.41) is 19.7. The van der Waals surface area contributed by atoms with E-state index >= 15 is 0 Å². The smallest absolute Gasteiger partial charge is 0.199 e. The summed E-state index contributed by atoms with van der Waals surface area (Å²) in [5.41, 5.74) is 1.24.